The standard InChI is InChI=1S/C45H38N4O5S2/c1-54-45(53)39-36-23-22-33(30-14-5-2-6-15-30)26-38(36)56-44(39)49-43(52)40(31-16-7-3-8-17-31)55-35-21-11-20-34(27-35)47-42(51)37(25-29-13-12-24-46-28-29)48-41(50)32-18-9-4-10-19-32/h2-21,24-25,27-28,33,40H,22-23,26H2,1H3,(H,47,51)(H,48,50)(H,49,52)/b37-25-. The second kappa shape index (κ2) is 17.9. The molecule has 0 radical (unpaired) electrons. The van der Waals surface area contributed by atoms with Gasteiger partial charge in [0.2, 0.25) is 5.91 Å². The average Bonchev–Trinajstić information content (AvgIpc) is 3.60. The number of thiophene rings is 1. The van der Waals surface area contributed by atoms with Crippen LogP contribution in [0.3, 0.4) is 0 Å². The van der Waals surface area contributed by atoms with Crippen molar-refractivity contribution in [3.05, 3.63) is 184 Å². The molecule has 7 rings (SSSR count). The average molecular weight is 779 g/mol. The van der Waals surface area contributed by atoms with Crippen LogP contribution in [0.2, 0.25) is 0 Å². The molecule has 0 saturated heterocycles. The van der Waals surface area contributed by atoms with Gasteiger partial charge in [0.15, 0.2) is 0 Å². The molecule has 9 nitrogen and oxygen atoms in total. The number of hydrogen-bond donors (Lipinski definition) is 3. The van der Waals surface area contributed by atoms with Gasteiger partial charge in [-0.15, -0.1) is 23.1 Å². The topological polar surface area (TPSA) is 126 Å². The number of fused-ring (bicyclic) bond motifs is 1. The van der Waals surface area contributed by atoms with E-state index in [0.717, 1.165) is 28.8 Å². The lowest BCUT2D eigenvalue weighted by molar-refractivity contribution is -0.116. The fourth-order valence-electron chi connectivity index (χ4n) is 6.63. The van der Waals surface area contributed by atoms with Crippen molar-refractivity contribution in [2.75, 3.05) is 17.7 Å². The van der Waals surface area contributed by atoms with Gasteiger partial charge in [-0.05, 0) is 89.9 Å². The second-order valence-electron chi connectivity index (χ2n) is 13.1. The summed E-state index contributed by atoms with van der Waals surface area (Å²) in [7, 11) is 1.36. The number of aromatic nitrogens is 1. The summed E-state index contributed by atoms with van der Waals surface area (Å²) < 4.78 is 5.22. The predicted molar refractivity (Wildman–Crippen MR) is 222 cm³/mol. The number of nitrogens with one attached hydrogen (secondary N) is 3. The number of carbonyl (C=O) groups excluding carboxylic acids is 4. The van der Waals surface area contributed by atoms with E-state index in [1.807, 2.05) is 60.7 Å². The van der Waals surface area contributed by atoms with Crippen LogP contribution in [0.5, 0.6) is 0 Å². The molecule has 2 unspecified atom stereocenters. The van der Waals surface area contributed by atoms with E-state index in [0.29, 0.717) is 44.6 Å². The van der Waals surface area contributed by atoms with Crippen LogP contribution in [-0.2, 0) is 27.2 Å². The molecule has 4 aromatic carbocycles. The van der Waals surface area contributed by atoms with Gasteiger partial charge in [0.05, 0.1) is 12.7 Å². The van der Waals surface area contributed by atoms with Crippen molar-refractivity contribution in [3.8, 4) is 0 Å². The Labute approximate surface area is 333 Å². The van der Waals surface area contributed by atoms with Gasteiger partial charge >= 0.3 is 5.97 Å². The van der Waals surface area contributed by atoms with E-state index >= 15 is 0 Å². The zero-order valence-corrected chi connectivity index (χ0v) is 32.1. The molecule has 2 heterocycles. The van der Waals surface area contributed by atoms with Gasteiger partial charge in [0.25, 0.3) is 11.8 Å². The Morgan fingerprint density at radius 3 is 2.30 bits per heavy atom. The summed E-state index contributed by atoms with van der Waals surface area (Å²) in [6.45, 7) is 0. The molecule has 3 amide bonds. The molecule has 56 heavy (non-hydrogen) atoms. The Kier molecular flexibility index (Phi) is 12.1. The highest BCUT2D eigenvalue weighted by Crippen LogP contribution is 2.44. The van der Waals surface area contributed by atoms with E-state index < -0.39 is 23.0 Å². The molecule has 2 aromatic heterocycles. The molecule has 280 valence electrons. The maximum atomic E-state index is 14.3. The summed E-state index contributed by atoms with van der Waals surface area (Å²) in [5, 5.41) is 8.53. The molecule has 1 aliphatic rings. The number of methoxy groups -OCH3 is 1. The minimum absolute atomic E-state index is 0.0293. The number of pyridine rings is 1. The van der Waals surface area contributed by atoms with Crippen LogP contribution in [-0.4, -0.2) is 35.8 Å². The number of anilines is 2. The zero-order chi connectivity index (χ0) is 38.9. The number of nitrogens with zero attached hydrogens (tertiary/aromatic N) is 1. The number of thioether (sulfide) groups is 1. The smallest absolute Gasteiger partial charge is 0.341 e. The lowest BCUT2D eigenvalue weighted by Gasteiger charge is -2.22. The first-order valence-corrected chi connectivity index (χ1v) is 19.8. The highest BCUT2D eigenvalue weighted by atomic mass is 32.2. The van der Waals surface area contributed by atoms with Crippen LogP contribution in [0.4, 0.5) is 10.7 Å². The number of ether oxygens (including phenoxy) is 1. The summed E-state index contributed by atoms with van der Waals surface area (Å²) in [6, 6.07) is 39.1. The first kappa shape index (κ1) is 38.0. The minimum atomic E-state index is -0.713. The van der Waals surface area contributed by atoms with Gasteiger partial charge in [-0.2, -0.15) is 0 Å². The van der Waals surface area contributed by atoms with Gasteiger partial charge in [-0.3, -0.25) is 19.4 Å². The van der Waals surface area contributed by atoms with Crippen molar-refractivity contribution in [1.29, 1.82) is 0 Å². The third-order valence-corrected chi connectivity index (χ3v) is 11.8. The summed E-state index contributed by atoms with van der Waals surface area (Å²) in [5.41, 5.74) is 4.90. The minimum Gasteiger partial charge on any atom is -0.465 e. The number of benzene rings is 4. The summed E-state index contributed by atoms with van der Waals surface area (Å²) in [4.78, 5) is 60.3. The molecule has 2 atom stereocenters. The molecular weight excluding hydrogens is 741 g/mol. The lowest BCUT2D eigenvalue weighted by Crippen LogP contribution is -2.30. The number of amides is 3. The molecule has 0 spiro atoms. The summed E-state index contributed by atoms with van der Waals surface area (Å²) in [6.07, 6.45) is 7.14. The van der Waals surface area contributed by atoms with Crippen molar-refractivity contribution < 1.29 is 23.9 Å². The van der Waals surface area contributed by atoms with Crippen molar-refractivity contribution in [3.63, 3.8) is 0 Å². The van der Waals surface area contributed by atoms with E-state index in [2.05, 4.69) is 33.1 Å². The van der Waals surface area contributed by atoms with Gasteiger partial charge in [-0.1, -0.05) is 91.0 Å². The molecular formula is C45H38N4O5S2. The Hall–Kier alpha value is -6.30. The molecule has 6 aromatic rings. The van der Waals surface area contributed by atoms with Crippen LogP contribution >= 0.6 is 23.1 Å². The van der Waals surface area contributed by atoms with Gasteiger partial charge < -0.3 is 20.7 Å². The second-order valence-corrected chi connectivity index (χ2v) is 15.4. The number of hydrogen-bond acceptors (Lipinski definition) is 8. The number of rotatable bonds is 12. The van der Waals surface area contributed by atoms with E-state index in [-0.39, 0.29) is 11.6 Å². The van der Waals surface area contributed by atoms with E-state index in [9.17, 15) is 19.2 Å². The maximum Gasteiger partial charge on any atom is 0.341 e. The Morgan fingerprint density at radius 2 is 1.59 bits per heavy atom. The Balaban J connectivity index is 1.12. The van der Waals surface area contributed by atoms with E-state index in [1.54, 1.807) is 73.1 Å². The third kappa shape index (κ3) is 9.14. The Bertz CT molecular complexity index is 2370. The first-order valence-electron chi connectivity index (χ1n) is 18.1. The predicted octanol–water partition coefficient (Wildman–Crippen LogP) is 9.08. The van der Waals surface area contributed by atoms with E-state index in [4.69, 9.17) is 4.74 Å². The largest absolute Gasteiger partial charge is 0.465 e. The SMILES string of the molecule is COC(=O)c1c(NC(=O)C(Sc2cccc(NC(=O)/C(=C/c3cccnc3)NC(=O)c3ccccc3)c2)c2ccccc2)sc2c1CCC(c1ccccc1)C2. The highest BCUT2D eigenvalue weighted by molar-refractivity contribution is 8.00. The number of esters is 1. The highest BCUT2D eigenvalue weighted by Gasteiger charge is 2.32. The zero-order valence-electron chi connectivity index (χ0n) is 30.4. The molecule has 11 heteroatoms. The van der Waals surface area contributed by atoms with E-state index in [1.165, 1.54) is 35.8 Å². The van der Waals surface area contributed by atoms with Crippen LogP contribution < -0.4 is 16.0 Å². The van der Waals surface area contributed by atoms with Gasteiger partial charge in [-0.25, -0.2) is 4.79 Å². The quantitative estimate of drug-likeness (QED) is 0.0643. The van der Waals surface area contributed by atoms with Crippen molar-refractivity contribution in [1.82, 2.24) is 10.3 Å². The normalized spacial score (nSPS) is 14.2. The van der Waals surface area contributed by atoms with Gasteiger partial charge in [0.1, 0.15) is 15.9 Å². The van der Waals surface area contributed by atoms with Crippen LogP contribution in [0.1, 0.15) is 65.4 Å². The molecule has 1 aliphatic carbocycles. The van der Waals surface area contributed by atoms with Crippen molar-refractivity contribution in [2.45, 2.75) is 35.3 Å². The maximum absolute atomic E-state index is 14.3. The van der Waals surface area contributed by atoms with Crippen molar-refractivity contribution >= 4 is 63.6 Å². The third-order valence-electron chi connectivity index (χ3n) is 9.37. The van der Waals surface area contributed by atoms with Crippen LogP contribution in [0.15, 0.2) is 150 Å². The van der Waals surface area contributed by atoms with Crippen LogP contribution in [0.25, 0.3) is 6.08 Å². The lowest BCUT2D eigenvalue weighted by atomic mass is 9.83. The monoisotopic (exact) mass is 778 g/mol. The molecule has 3 N–H and O–H groups in total. The molecule has 0 bridgehead atoms. The molecule has 0 fully saturated rings. The Morgan fingerprint density at radius 1 is 0.857 bits per heavy atom. The summed E-state index contributed by atoms with van der Waals surface area (Å²) >= 11 is 2.75. The van der Waals surface area contributed by atoms with Gasteiger partial charge in [0, 0.05) is 33.4 Å². The molecule has 0 saturated carbocycles. The number of carbonyl (C=O) groups is 4. The summed E-state index contributed by atoms with van der Waals surface area (Å²) in [5.74, 6) is -1.43. The fourth-order valence-corrected chi connectivity index (χ4v) is 9.03. The molecule has 0 aliphatic heterocycles. The fraction of sp³-hybridized carbons (Fsp3) is 0.133. The van der Waals surface area contributed by atoms with Crippen molar-refractivity contribution in [2.24, 2.45) is 0 Å². The van der Waals surface area contributed by atoms with Crippen LogP contribution in [0, 0.1) is 0 Å². The first-order chi connectivity index (χ1) is 27.4.